The first-order valence-electron chi connectivity index (χ1n) is 9.04. The minimum Gasteiger partial charge on any atom is -0.381 e. The van der Waals surface area contributed by atoms with E-state index in [-0.39, 0.29) is 16.6 Å². The lowest BCUT2D eigenvalue weighted by Gasteiger charge is -2.31. The monoisotopic (exact) mass is 348 g/mol. The lowest BCUT2D eigenvalue weighted by atomic mass is 9.91. The number of benzene rings is 1. The van der Waals surface area contributed by atoms with Crippen LogP contribution in [0.2, 0.25) is 0 Å². The van der Waals surface area contributed by atoms with Gasteiger partial charge in [0, 0.05) is 29.4 Å². The molecule has 1 heterocycles. The summed E-state index contributed by atoms with van der Waals surface area (Å²) in [5.41, 5.74) is 6.20. The van der Waals surface area contributed by atoms with Crippen LogP contribution in [0, 0.1) is 5.92 Å². The van der Waals surface area contributed by atoms with Crippen LogP contribution in [0.25, 0.3) is 0 Å². The molecule has 1 unspecified atom stereocenters. The molecule has 0 aromatic heterocycles. The molecule has 1 aromatic rings. The van der Waals surface area contributed by atoms with Gasteiger partial charge < -0.3 is 15.8 Å². The number of carbonyl (C=O) groups is 1. The predicted molar refractivity (Wildman–Crippen MR) is 98.0 cm³/mol. The number of ether oxygens (including phenoxy) is 1. The number of rotatable bonds is 6. The van der Waals surface area contributed by atoms with Crippen molar-refractivity contribution < 1.29 is 9.53 Å². The summed E-state index contributed by atoms with van der Waals surface area (Å²) in [6, 6.07) is 10.1. The molecule has 0 spiro atoms. The number of amides is 1. The summed E-state index contributed by atoms with van der Waals surface area (Å²) >= 11 is 1.91. The van der Waals surface area contributed by atoms with Gasteiger partial charge in [-0.1, -0.05) is 31.0 Å². The maximum atomic E-state index is 12.5. The molecule has 1 atom stereocenters. The lowest BCUT2D eigenvalue weighted by Crippen LogP contribution is -2.50. The Balaban J connectivity index is 1.56. The summed E-state index contributed by atoms with van der Waals surface area (Å²) in [6.45, 7) is 2.15. The van der Waals surface area contributed by atoms with Crippen LogP contribution in [0.5, 0.6) is 0 Å². The molecule has 1 aliphatic carbocycles. The van der Waals surface area contributed by atoms with E-state index in [2.05, 4.69) is 29.6 Å². The van der Waals surface area contributed by atoms with E-state index in [0.29, 0.717) is 6.54 Å². The Kier molecular flexibility index (Phi) is 6.19. The fourth-order valence-electron chi connectivity index (χ4n) is 3.73. The molecule has 4 nitrogen and oxygen atoms in total. The zero-order valence-corrected chi connectivity index (χ0v) is 15.0. The third-order valence-electron chi connectivity index (χ3n) is 5.25. The average molecular weight is 349 g/mol. The SMILES string of the molecule is NC(C(=O)NCC1(Sc2ccccc2)CCCC1)C1CCOCC1. The fourth-order valence-corrected chi connectivity index (χ4v) is 5.16. The highest BCUT2D eigenvalue weighted by Gasteiger charge is 2.36. The molecular formula is C19H28N2O2S. The van der Waals surface area contributed by atoms with Gasteiger partial charge in [0.15, 0.2) is 0 Å². The Morgan fingerprint density at radius 3 is 2.58 bits per heavy atom. The van der Waals surface area contributed by atoms with Gasteiger partial charge in [0.05, 0.1) is 6.04 Å². The van der Waals surface area contributed by atoms with Gasteiger partial charge in [0.2, 0.25) is 5.91 Å². The van der Waals surface area contributed by atoms with Crippen molar-refractivity contribution in [3.05, 3.63) is 30.3 Å². The summed E-state index contributed by atoms with van der Waals surface area (Å²) in [6.07, 6.45) is 6.55. The molecule has 1 aromatic carbocycles. The van der Waals surface area contributed by atoms with E-state index < -0.39 is 6.04 Å². The maximum absolute atomic E-state index is 12.5. The molecule has 3 N–H and O–H groups in total. The van der Waals surface area contributed by atoms with Crippen molar-refractivity contribution in [3.63, 3.8) is 0 Å². The molecule has 132 valence electrons. The first-order valence-corrected chi connectivity index (χ1v) is 9.85. The van der Waals surface area contributed by atoms with Crippen LogP contribution < -0.4 is 11.1 Å². The van der Waals surface area contributed by atoms with Gasteiger partial charge in [-0.15, -0.1) is 11.8 Å². The van der Waals surface area contributed by atoms with Gasteiger partial charge >= 0.3 is 0 Å². The van der Waals surface area contributed by atoms with E-state index >= 15 is 0 Å². The smallest absolute Gasteiger partial charge is 0.237 e. The van der Waals surface area contributed by atoms with Crippen molar-refractivity contribution in [2.45, 2.75) is 54.2 Å². The van der Waals surface area contributed by atoms with Crippen LogP contribution in [0.4, 0.5) is 0 Å². The van der Waals surface area contributed by atoms with Crippen molar-refractivity contribution in [1.29, 1.82) is 0 Å². The standard InChI is InChI=1S/C19H28N2O2S/c20-17(15-8-12-23-13-9-15)18(22)21-14-19(10-4-5-11-19)24-16-6-2-1-3-7-16/h1-3,6-7,15,17H,4-5,8-14,20H2,(H,21,22). The Morgan fingerprint density at radius 2 is 1.92 bits per heavy atom. The second-order valence-electron chi connectivity index (χ2n) is 7.00. The van der Waals surface area contributed by atoms with E-state index in [0.717, 1.165) is 38.9 Å². The first-order chi connectivity index (χ1) is 11.7. The topological polar surface area (TPSA) is 64.4 Å². The summed E-state index contributed by atoms with van der Waals surface area (Å²) < 4.78 is 5.48. The second-order valence-corrected chi connectivity index (χ2v) is 8.54. The second kappa shape index (κ2) is 8.37. The Hall–Kier alpha value is -1.04. The van der Waals surface area contributed by atoms with Gasteiger partial charge in [-0.05, 0) is 43.7 Å². The molecule has 2 fully saturated rings. The van der Waals surface area contributed by atoms with Crippen LogP contribution >= 0.6 is 11.8 Å². The molecule has 1 amide bonds. The van der Waals surface area contributed by atoms with E-state index in [1.807, 2.05) is 17.8 Å². The first kappa shape index (κ1) is 17.8. The predicted octanol–water partition coefficient (Wildman–Crippen LogP) is 2.96. The number of carbonyl (C=O) groups excluding carboxylic acids is 1. The summed E-state index contributed by atoms with van der Waals surface area (Å²) in [5, 5.41) is 3.16. The average Bonchev–Trinajstić information content (AvgIpc) is 3.09. The molecule has 0 radical (unpaired) electrons. The van der Waals surface area contributed by atoms with Crippen molar-refractivity contribution >= 4 is 17.7 Å². The van der Waals surface area contributed by atoms with Gasteiger partial charge in [0.25, 0.3) is 0 Å². The van der Waals surface area contributed by atoms with Gasteiger partial charge in [-0.3, -0.25) is 4.79 Å². The number of thioether (sulfide) groups is 1. The van der Waals surface area contributed by atoms with Crippen molar-refractivity contribution in [3.8, 4) is 0 Å². The number of nitrogens with one attached hydrogen (secondary N) is 1. The van der Waals surface area contributed by atoms with Crippen LogP contribution in [0.3, 0.4) is 0 Å². The highest BCUT2D eigenvalue weighted by molar-refractivity contribution is 8.00. The lowest BCUT2D eigenvalue weighted by molar-refractivity contribution is -0.124. The van der Waals surface area contributed by atoms with E-state index in [4.69, 9.17) is 10.5 Å². The molecule has 1 saturated carbocycles. The van der Waals surface area contributed by atoms with Gasteiger partial charge in [0.1, 0.15) is 0 Å². The molecule has 1 aliphatic heterocycles. The van der Waals surface area contributed by atoms with Crippen molar-refractivity contribution in [2.75, 3.05) is 19.8 Å². The van der Waals surface area contributed by atoms with Crippen molar-refractivity contribution in [2.24, 2.45) is 11.7 Å². The number of nitrogens with two attached hydrogens (primary N) is 1. The maximum Gasteiger partial charge on any atom is 0.237 e. The van der Waals surface area contributed by atoms with E-state index in [9.17, 15) is 4.79 Å². The van der Waals surface area contributed by atoms with Crippen LogP contribution in [-0.2, 0) is 9.53 Å². The third kappa shape index (κ3) is 4.52. The minimum atomic E-state index is -0.408. The molecule has 3 rings (SSSR count). The summed E-state index contributed by atoms with van der Waals surface area (Å²) in [4.78, 5) is 13.8. The Morgan fingerprint density at radius 1 is 1.25 bits per heavy atom. The molecule has 5 heteroatoms. The third-order valence-corrected chi connectivity index (χ3v) is 6.75. The van der Waals surface area contributed by atoms with Crippen LogP contribution in [-0.4, -0.2) is 36.5 Å². The van der Waals surface area contributed by atoms with Crippen molar-refractivity contribution in [1.82, 2.24) is 5.32 Å². The van der Waals surface area contributed by atoms with E-state index in [1.165, 1.54) is 17.7 Å². The highest BCUT2D eigenvalue weighted by Crippen LogP contribution is 2.44. The fraction of sp³-hybridized carbons (Fsp3) is 0.632. The van der Waals surface area contributed by atoms with Gasteiger partial charge in [-0.25, -0.2) is 0 Å². The zero-order valence-electron chi connectivity index (χ0n) is 14.2. The van der Waals surface area contributed by atoms with Gasteiger partial charge in [-0.2, -0.15) is 0 Å². The summed E-state index contributed by atoms with van der Waals surface area (Å²) in [5.74, 6) is 0.252. The van der Waals surface area contributed by atoms with Crippen LogP contribution in [0.15, 0.2) is 35.2 Å². The molecule has 24 heavy (non-hydrogen) atoms. The Labute approximate surface area is 148 Å². The minimum absolute atomic E-state index is 0.00170. The Bertz CT molecular complexity index is 525. The quantitative estimate of drug-likeness (QED) is 0.829. The largest absolute Gasteiger partial charge is 0.381 e. The number of hydrogen-bond donors (Lipinski definition) is 2. The van der Waals surface area contributed by atoms with Crippen LogP contribution in [0.1, 0.15) is 38.5 Å². The summed E-state index contributed by atoms with van der Waals surface area (Å²) in [7, 11) is 0. The number of hydrogen-bond acceptors (Lipinski definition) is 4. The van der Waals surface area contributed by atoms with E-state index in [1.54, 1.807) is 0 Å². The molecule has 1 saturated heterocycles. The molecule has 0 bridgehead atoms. The molecular weight excluding hydrogens is 320 g/mol. The molecule has 2 aliphatic rings. The highest BCUT2D eigenvalue weighted by atomic mass is 32.2. The normalized spacial score (nSPS) is 22.2. The zero-order chi connectivity index (χ0) is 16.8.